The lowest BCUT2D eigenvalue weighted by Crippen LogP contribution is -2.14. The van der Waals surface area contributed by atoms with Gasteiger partial charge in [0, 0.05) is 18.4 Å². The molecule has 0 saturated carbocycles. The molecular formula is C11H16N2. The number of nitrogens with two attached hydrogens (primary N) is 1. The van der Waals surface area contributed by atoms with Gasteiger partial charge in [0.15, 0.2) is 0 Å². The highest BCUT2D eigenvalue weighted by molar-refractivity contribution is 5.50. The lowest BCUT2D eigenvalue weighted by molar-refractivity contribution is 0.734. The van der Waals surface area contributed by atoms with Crippen LogP contribution in [0.3, 0.4) is 0 Å². The van der Waals surface area contributed by atoms with Crippen LogP contribution >= 0.6 is 0 Å². The number of rotatable bonds is 3. The van der Waals surface area contributed by atoms with Crippen molar-refractivity contribution in [2.75, 3.05) is 0 Å². The van der Waals surface area contributed by atoms with Gasteiger partial charge in [-0.25, -0.2) is 0 Å². The van der Waals surface area contributed by atoms with Gasteiger partial charge in [-0.15, -0.1) is 0 Å². The van der Waals surface area contributed by atoms with E-state index >= 15 is 0 Å². The van der Waals surface area contributed by atoms with E-state index in [4.69, 9.17) is 5.73 Å². The van der Waals surface area contributed by atoms with Crippen molar-refractivity contribution in [3.05, 3.63) is 35.7 Å². The fourth-order valence-electron chi connectivity index (χ4n) is 1.31. The second-order valence-corrected chi connectivity index (χ2v) is 3.46. The van der Waals surface area contributed by atoms with Crippen LogP contribution in [0.2, 0.25) is 0 Å². The first-order valence-electron chi connectivity index (χ1n) is 4.51. The van der Waals surface area contributed by atoms with E-state index in [0.717, 1.165) is 12.0 Å². The Morgan fingerprint density at radius 1 is 1.69 bits per heavy atom. The van der Waals surface area contributed by atoms with Crippen molar-refractivity contribution in [1.82, 2.24) is 4.98 Å². The maximum absolute atomic E-state index is 5.69. The largest absolute Gasteiger partial charge is 0.328 e. The van der Waals surface area contributed by atoms with Gasteiger partial charge in [0.05, 0.1) is 0 Å². The molecule has 0 aliphatic carbocycles. The molecule has 0 radical (unpaired) electrons. The molecule has 1 atom stereocenters. The van der Waals surface area contributed by atoms with Gasteiger partial charge in [-0.05, 0) is 31.9 Å². The Labute approximate surface area is 79.5 Å². The molecule has 0 amide bonds. The first-order chi connectivity index (χ1) is 6.18. The molecule has 0 fully saturated rings. The van der Waals surface area contributed by atoms with Crippen molar-refractivity contribution < 1.29 is 0 Å². The van der Waals surface area contributed by atoms with Crippen molar-refractivity contribution in [2.45, 2.75) is 26.3 Å². The van der Waals surface area contributed by atoms with Gasteiger partial charge in [0.1, 0.15) is 0 Å². The van der Waals surface area contributed by atoms with Crippen LogP contribution in [0, 0.1) is 0 Å². The lowest BCUT2D eigenvalue weighted by Gasteiger charge is -2.04. The van der Waals surface area contributed by atoms with Crippen LogP contribution in [-0.4, -0.2) is 11.0 Å². The molecule has 1 rings (SSSR count). The summed E-state index contributed by atoms with van der Waals surface area (Å²) in [5.74, 6) is 0. The fourth-order valence-corrected chi connectivity index (χ4v) is 1.31. The molecule has 2 heteroatoms. The van der Waals surface area contributed by atoms with Crippen LogP contribution in [0.5, 0.6) is 0 Å². The predicted octanol–water partition coefficient (Wildman–Crippen LogP) is 2.22. The summed E-state index contributed by atoms with van der Waals surface area (Å²) in [6, 6.07) is 4.20. The van der Waals surface area contributed by atoms with E-state index in [-0.39, 0.29) is 6.04 Å². The van der Waals surface area contributed by atoms with Crippen LogP contribution in [0.1, 0.15) is 25.8 Å². The number of hydrogen-bond donors (Lipinski definition) is 1. The Bertz CT molecular complexity index is 275. The average Bonchev–Trinajstić information content (AvgIpc) is 2.04. The molecule has 0 bridgehead atoms. The molecule has 70 valence electrons. The van der Waals surface area contributed by atoms with Gasteiger partial charge in [0.2, 0.25) is 0 Å². The first kappa shape index (κ1) is 9.93. The molecule has 1 unspecified atom stereocenters. The maximum Gasteiger partial charge on any atom is 0.0340 e. The molecule has 0 aliphatic heterocycles. The summed E-state index contributed by atoms with van der Waals surface area (Å²) >= 11 is 0. The Morgan fingerprint density at radius 3 is 3.00 bits per heavy atom. The van der Waals surface area contributed by atoms with E-state index < -0.39 is 0 Å². The van der Waals surface area contributed by atoms with Gasteiger partial charge in [-0.1, -0.05) is 17.7 Å². The minimum atomic E-state index is 0.230. The minimum absolute atomic E-state index is 0.230. The molecule has 1 aromatic heterocycles. The molecule has 0 saturated heterocycles. The Morgan fingerprint density at radius 2 is 2.46 bits per heavy atom. The summed E-state index contributed by atoms with van der Waals surface area (Å²) < 4.78 is 0. The van der Waals surface area contributed by atoms with Gasteiger partial charge in [0.25, 0.3) is 0 Å². The van der Waals surface area contributed by atoms with E-state index in [1.165, 1.54) is 5.57 Å². The molecular weight excluding hydrogens is 160 g/mol. The summed E-state index contributed by atoms with van der Waals surface area (Å²) in [6.45, 7) is 4.11. The Hall–Kier alpha value is -1.15. The third-order valence-electron chi connectivity index (χ3n) is 1.74. The number of nitrogens with zero attached hydrogens (tertiary/aromatic N) is 1. The summed E-state index contributed by atoms with van der Waals surface area (Å²) in [4.78, 5) is 4.04. The van der Waals surface area contributed by atoms with Gasteiger partial charge in [-0.2, -0.15) is 0 Å². The van der Waals surface area contributed by atoms with Crippen molar-refractivity contribution in [1.29, 1.82) is 0 Å². The van der Waals surface area contributed by atoms with E-state index in [9.17, 15) is 0 Å². The van der Waals surface area contributed by atoms with Crippen molar-refractivity contribution in [3.63, 3.8) is 0 Å². The van der Waals surface area contributed by atoms with Crippen LogP contribution in [0.4, 0.5) is 0 Å². The predicted molar refractivity (Wildman–Crippen MR) is 56.2 cm³/mol. The highest BCUT2D eigenvalue weighted by Gasteiger charge is 1.95. The molecule has 2 N–H and O–H groups in total. The Kier molecular flexibility index (Phi) is 3.65. The third-order valence-corrected chi connectivity index (χ3v) is 1.74. The monoisotopic (exact) mass is 176 g/mol. The smallest absolute Gasteiger partial charge is 0.0340 e. The molecule has 0 aromatic carbocycles. The van der Waals surface area contributed by atoms with Crippen molar-refractivity contribution in [2.24, 2.45) is 5.73 Å². The van der Waals surface area contributed by atoms with E-state index in [1.807, 2.05) is 25.3 Å². The normalized spacial score (nSPS) is 14.2. The van der Waals surface area contributed by atoms with Crippen LogP contribution in [0.25, 0.3) is 6.08 Å². The van der Waals surface area contributed by atoms with Crippen LogP contribution in [-0.2, 0) is 0 Å². The molecule has 13 heavy (non-hydrogen) atoms. The number of pyridine rings is 1. The van der Waals surface area contributed by atoms with Crippen LogP contribution in [0.15, 0.2) is 30.1 Å². The number of aromatic nitrogens is 1. The summed E-state index contributed by atoms with van der Waals surface area (Å²) in [6.07, 6.45) is 6.69. The van der Waals surface area contributed by atoms with Crippen molar-refractivity contribution >= 4 is 6.08 Å². The number of hydrogen-bond acceptors (Lipinski definition) is 2. The lowest BCUT2D eigenvalue weighted by atomic mass is 10.1. The molecule has 0 spiro atoms. The summed E-state index contributed by atoms with van der Waals surface area (Å²) in [7, 11) is 0. The molecule has 0 aliphatic rings. The Balaban J connectivity index is 2.66. The highest BCUT2D eigenvalue weighted by atomic mass is 14.6. The first-order valence-corrected chi connectivity index (χ1v) is 4.51. The topological polar surface area (TPSA) is 38.9 Å². The zero-order valence-electron chi connectivity index (χ0n) is 8.20. The van der Waals surface area contributed by atoms with Gasteiger partial charge in [-0.3, -0.25) is 4.98 Å². The molecule has 1 heterocycles. The highest BCUT2D eigenvalue weighted by Crippen LogP contribution is 2.08. The standard InChI is InChI=1S/C11H16N2/c1-9(6-10(2)12)7-11-4-3-5-13-8-11/h3-5,7-8,10H,6,12H2,1-2H3/b9-7+. The SMILES string of the molecule is C/C(=C\c1cccnc1)CC(C)N. The third kappa shape index (κ3) is 3.85. The average molecular weight is 176 g/mol. The zero-order chi connectivity index (χ0) is 9.68. The maximum atomic E-state index is 5.69. The van der Waals surface area contributed by atoms with E-state index in [2.05, 4.69) is 18.0 Å². The summed E-state index contributed by atoms with van der Waals surface area (Å²) in [5.41, 5.74) is 8.12. The summed E-state index contributed by atoms with van der Waals surface area (Å²) in [5, 5.41) is 0. The quantitative estimate of drug-likeness (QED) is 0.767. The second kappa shape index (κ2) is 4.77. The zero-order valence-corrected chi connectivity index (χ0v) is 8.20. The minimum Gasteiger partial charge on any atom is -0.328 e. The second-order valence-electron chi connectivity index (χ2n) is 3.46. The molecule has 1 aromatic rings. The van der Waals surface area contributed by atoms with Crippen molar-refractivity contribution in [3.8, 4) is 0 Å². The van der Waals surface area contributed by atoms with E-state index in [1.54, 1.807) is 6.20 Å². The van der Waals surface area contributed by atoms with Crippen LogP contribution < -0.4 is 5.73 Å². The fraction of sp³-hybridized carbons (Fsp3) is 0.364. The van der Waals surface area contributed by atoms with E-state index in [0.29, 0.717) is 0 Å². The van der Waals surface area contributed by atoms with Gasteiger partial charge >= 0.3 is 0 Å². The molecule has 2 nitrogen and oxygen atoms in total. The van der Waals surface area contributed by atoms with Gasteiger partial charge < -0.3 is 5.73 Å².